The van der Waals surface area contributed by atoms with Gasteiger partial charge in [-0.25, -0.2) is 4.98 Å². The number of hydrogen-bond donors (Lipinski definition) is 0. The van der Waals surface area contributed by atoms with Gasteiger partial charge in [-0.1, -0.05) is 157 Å². The van der Waals surface area contributed by atoms with Crippen molar-refractivity contribution in [3.05, 3.63) is 187 Å². The van der Waals surface area contributed by atoms with Crippen LogP contribution in [0.25, 0.3) is 83.7 Å². The van der Waals surface area contributed by atoms with E-state index in [2.05, 4.69) is 203 Å². The molecule has 10 aromatic rings. The number of aryl methyl sites for hydroxylation is 1. The summed E-state index contributed by atoms with van der Waals surface area (Å²) < 4.78 is 8.82. The number of furan rings is 1. The second-order valence-corrected chi connectivity index (χ2v) is 24.6. The first-order valence-electron chi connectivity index (χ1n) is 22.7. The Morgan fingerprint density at radius 1 is 0.742 bits per heavy atom. The number of aromatic nitrogens is 4. The Morgan fingerprint density at radius 2 is 1.39 bits per heavy atom. The molecule has 0 atom stereocenters. The van der Waals surface area contributed by atoms with E-state index in [0.29, 0.717) is 11.6 Å². The predicted molar refractivity (Wildman–Crippen MR) is 275 cm³/mol. The molecule has 0 saturated heterocycles. The molecular formula is C59H56IrN4OSi-2. The quantitative estimate of drug-likeness (QED) is 0.112. The Labute approximate surface area is 404 Å². The van der Waals surface area contributed by atoms with Gasteiger partial charge in [-0.3, -0.25) is 4.98 Å². The molecule has 0 bridgehead atoms. The van der Waals surface area contributed by atoms with Gasteiger partial charge in [0.15, 0.2) is 0 Å². The van der Waals surface area contributed by atoms with Gasteiger partial charge in [-0.05, 0) is 81.7 Å². The molecule has 0 aliphatic carbocycles. The van der Waals surface area contributed by atoms with Crippen molar-refractivity contribution in [1.29, 1.82) is 0 Å². The van der Waals surface area contributed by atoms with Crippen molar-refractivity contribution in [3.8, 4) is 50.6 Å². The number of nitrogens with zero attached hydrogens (tertiary/aromatic N) is 4. The van der Waals surface area contributed by atoms with Crippen molar-refractivity contribution in [2.45, 2.75) is 73.0 Å². The van der Waals surface area contributed by atoms with Gasteiger partial charge in [0.05, 0.1) is 36.2 Å². The first kappa shape index (κ1) is 46.3. The van der Waals surface area contributed by atoms with Gasteiger partial charge >= 0.3 is 0 Å². The predicted octanol–water partition coefficient (Wildman–Crippen LogP) is 15.0. The van der Waals surface area contributed by atoms with Gasteiger partial charge in [0.25, 0.3) is 0 Å². The van der Waals surface area contributed by atoms with Crippen molar-refractivity contribution in [1.82, 2.24) is 19.5 Å². The van der Waals surface area contributed by atoms with Gasteiger partial charge in [0.2, 0.25) is 5.71 Å². The summed E-state index contributed by atoms with van der Waals surface area (Å²) >= 11 is 0. The Kier molecular flexibility index (Phi) is 13.3. The van der Waals surface area contributed by atoms with E-state index in [-0.39, 0.29) is 25.5 Å². The van der Waals surface area contributed by atoms with Crippen LogP contribution in [0.15, 0.2) is 162 Å². The molecule has 0 amide bonds. The Bertz CT molecular complexity index is 3230. The number of hydrogen-bond acceptors (Lipinski definition) is 4. The average molecular weight is 1060 g/mol. The zero-order valence-electron chi connectivity index (χ0n) is 39.3. The summed E-state index contributed by atoms with van der Waals surface area (Å²) in [6.07, 6.45) is 5.01. The molecule has 0 aliphatic heterocycles. The Hall–Kier alpha value is -6.24. The van der Waals surface area contributed by atoms with Gasteiger partial charge in [-0.15, -0.1) is 53.6 Å². The molecule has 7 heteroatoms. The van der Waals surface area contributed by atoms with Crippen LogP contribution in [0.1, 0.15) is 51.3 Å². The second kappa shape index (κ2) is 18.9. The molecule has 0 unspecified atom stereocenters. The summed E-state index contributed by atoms with van der Waals surface area (Å²) in [5.41, 5.74) is 15.6. The minimum absolute atomic E-state index is 0. The van der Waals surface area contributed by atoms with Crippen molar-refractivity contribution in [3.63, 3.8) is 0 Å². The third-order valence-corrected chi connectivity index (χ3v) is 14.2. The Morgan fingerprint density at radius 3 is 2.02 bits per heavy atom. The monoisotopic (exact) mass is 1060 g/mol. The molecule has 333 valence electrons. The molecule has 4 aromatic heterocycles. The van der Waals surface area contributed by atoms with E-state index in [1.54, 1.807) is 6.20 Å². The maximum atomic E-state index is 6.50. The molecule has 0 fully saturated rings. The zero-order chi connectivity index (χ0) is 45.5. The van der Waals surface area contributed by atoms with E-state index in [9.17, 15) is 0 Å². The Balaban J connectivity index is 0.000000238. The second-order valence-electron chi connectivity index (χ2n) is 19.5. The van der Waals surface area contributed by atoms with Crippen LogP contribution in [-0.2, 0) is 31.9 Å². The van der Waals surface area contributed by atoms with Crippen LogP contribution in [0, 0.1) is 25.0 Å². The van der Waals surface area contributed by atoms with Crippen molar-refractivity contribution in [2.75, 3.05) is 0 Å². The van der Waals surface area contributed by atoms with Crippen molar-refractivity contribution in [2.24, 2.45) is 5.92 Å². The summed E-state index contributed by atoms with van der Waals surface area (Å²) in [6, 6.07) is 57.7. The number of para-hydroxylation sites is 2. The SMILES string of the molecule is CC(C)Cc1cc(-c2[c-]cccc2)ncc1[Si](C)(C)C.Cc1c[c-]c(-c2nc3ccccc3n2-c2c(-c3ccccc3)cc(C(C)(C)C)cc2-c2ccccc2)c2oc3ncccc3c12.[Ir]. The summed E-state index contributed by atoms with van der Waals surface area (Å²) in [4.78, 5) is 14.5. The maximum absolute atomic E-state index is 6.50. The van der Waals surface area contributed by atoms with E-state index in [4.69, 9.17) is 9.40 Å². The number of fused-ring (bicyclic) bond motifs is 4. The molecule has 10 rings (SSSR count). The van der Waals surface area contributed by atoms with Crippen LogP contribution in [0.5, 0.6) is 0 Å². The van der Waals surface area contributed by atoms with Crippen LogP contribution < -0.4 is 5.19 Å². The summed E-state index contributed by atoms with van der Waals surface area (Å²) in [6.45, 7) is 20.7. The average Bonchev–Trinajstić information content (AvgIpc) is 3.89. The third kappa shape index (κ3) is 9.26. The van der Waals surface area contributed by atoms with Crippen molar-refractivity contribution >= 4 is 46.4 Å². The number of pyridine rings is 2. The van der Waals surface area contributed by atoms with Crippen molar-refractivity contribution < 1.29 is 24.5 Å². The van der Waals surface area contributed by atoms with E-state index >= 15 is 0 Å². The van der Waals surface area contributed by atoms with E-state index < -0.39 is 8.07 Å². The fraction of sp³-hybridized carbons (Fsp3) is 0.203. The topological polar surface area (TPSA) is 56.7 Å². The van der Waals surface area contributed by atoms with Gasteiger partial charge < -0.3 is 14.0 Å². The maximum Gasteiger partial charge on any atom is 0.216 e. The molecule has 0 saturated carbocycles. The fourth-order valence-electron chi connectivity index (χ4n) is 8.87. The normalized spacial score (nSPS) is 11.8. The fourth-order valence-corrected chi connectivity index (χ4v) is 10.5. The first-order chi connectivity index (χ1) is 31.3. The van der Waals surface area contributed by atoms with Gasteiger partial charge in [-0.2, -0.15) is 0 Å². The summed E-state index contributed by atoms with van der Waals surface area (Å²) in [7, 11) is -1.34. The standard InChI is InChI=1S/C41H32N3O.C18H24NSi.Ir/c1-26-21-22-31(38-36(26)30-18-13-23-42-40(30)45-38)39-43-34-19-11-12-20-35(34)44(39)37-32(27-14-7-5-8-15-27)24-29(41(2,3)4)25-33(37)28-16-9-6-10-17-28;1-14(2)11-16-12-17(15-9-7-6-8-10-15)19-13-18(16)20(3,4)5;/h5-21,23-25H,1-4H3;6-9,12-14H,11H2,1-5H3;/q2*-1;. The molecule has 1 radical (unpaired) electrons. The minimum atomic E-state index is -1.34. The minimum Gasteiger partial charge on any atom is -0.486 e. The molecule has 66 heavy (non-hydrogen) atoms. The number of benzene rings is 6. The molecule has 5 nitrogen and oxygen atoms in total. The van der Waals surface area contributed by atoms with E-state index in [1.807, 2.05) is 36.4 Å². The molecule has 0 spiro atoms. The smallest absolute Gasteiger partial charge is 0.216 e. The van der Waals surface area contributed by atoms with E-state index in [0.717, 1.165) is 90.0 Å². The summed E-state index contributed by atoms with van der Waals surface area (Å²) in [5, 5.41) is 3.53. The first-order valence-corrected chi connectivity index (χ1v) is 26.2. The van der Waals surface area contributed by atoms with Gasteiger partial charge in [0.1, 0.15) is 0 Å². The zero-order valence-corrected chi connectivity index (χ0v) is 42.7. The van der Waals surface area contributed by atoms with Crippen LogP contribution in [0.4, 0.5) is 0 Å². The van der Waals surface area contributed by atoms with Gasteiger partial charge in [0, 0.05) is 49.0 Å². The number of imidazole rings is 1. The third-order valence-electron chi connectivity index (χ3n) is 12.1. The van der Waals surface area contributed by atoms with Crippen LogP contribution in [-0.4, -0.2) is 27.6 Å². The molecule has 4 heterocycles. The summed E-state index contributed by atoms with van der Waals surface area (Å²) in [5.74, 6) is 1.44. The molecule has 0 N–H and O–H groups in total. The number of rotatable bonds is 8. The molecule has 6 aromatic carbocycles. The largest absolute Gasteiger partial charge is 0.486 e. The van der Waals surface area contributed by atoms with Crippen LogP contribution in [0.3, 0.4) is 0 Å². The molecular weight excluding hydrogens is 1000 g/mol. The van der Waals surface area contributed by atoms with Crippen LogP contribution in [0.2, 0.25) is 19.6 Å². The molecule has 0 aliphatic rings. The van der Waals surface area contributed by atoms with E-state index in [1.165, 1.54) is 16.3 Å². The van der Waals surface area contributed by atoms with Crippen LogP contribution >= 0.6 is 0 Å².